The number of carbonyl (C=O) groups is 3. The molecule has 8 heteroatoms. The van der Waals surface area contributed by atoms with Gasteiger partial charge < -0.3 is 14.8 Å². The van der Waals surface area contributed by atoms with Crippen LogP contribution in [0.3, 0.4) is 0 Å². The highest BCUT2D eigenvalue weighted by Gasteiger charge is 2.37. The second-order valence-electron chi connectivity index (χ2n) is 6.71. The molecule has 0 unspecified atom stereocenters. The number of hydrogen-bond acceptors (Lipinski definition) is 5. The van der Waals surface area contributed by atoms with Crippen LogP contribution in [0.15, 0.2) is 60.7 Å². The zero-order valence-corrected chi connectivity index (χ0v) is 17.4. The molecule has 1 aliphatic heterocycles. The first-order valence-electron chi connectivity index (χ1n) is 9.24. The lowest BCUT2D eigenvalue weighted by atomic mass is 10.1. The van der Waals surface area contributed by atoms with E-state index < -0.39 is 17.7 Å². The summed E-state index contributed by atoms with van der Waals surface area (Å²) in [6.45, 7) is 0. The Morgan fingerprint density at radius 2 is 1.45 bits per heavy atom. The third kappa shape index (κ3) is 3.71. The van der Waals surface area contributed by atoms with Crippen LogP contribution in [0.2, 0.25) is 5.02 Å². The Kier molecular flexibility index (Phi) is 5.35. The summed E-state index contributed by atoms with van der Waals surface area (Å²) >= 11 is 6.37. The van der Waals surface area contributed by atoms with Crippen molar-refractivity contribution in [2.75, 3.05) is 24.4 Å². The van der Waals surface area contributed by atoms with Gasteiger partial charge >= 0.3 is 0 Å². The van der Waals surface area contributed by atoms with Gasteiger partial charge in [-0.2, -0.15) is 0 Å². The Balaban J connectivity index is 1.59. The molecular formula is C23H17ClN2O5. The number of amides is 3. The van der Waals surface area contributed by atoms with E-state index in [9.17, 15) is 14.4 Å². The van der Waals surface area contributed by atoms with Crippen molar-refractivity contribution in [2.24, 2.45) is 0 Å². The predicted octanol–water partition coefficient (Wildman–Crippen LogP) is 4.41. The van der Waals surface area contributed by atoms with Gasteiger partial charge in [-0.25, -0.2) is 4.90 Å². The fourth-order valence-electron chi connectivity index (χ4n) is 3.32. The molecule has 0 radical (unpaired) electrons. The first-order valence-corrected chi connectivity index (χ1v) is 9.62. The maximum atomic E-state index is 12.7. The van der Waals surface area contributed by atoms with Gasteiger partial charge in [0.1, 0.15) is 11.5 Å². The van der Waals surface area contributed by atoms with Gasteiger partial charge in [-0.1, -0.05) is 23.7 Å². The van der Waals surface area contributed by atoms with Crippen LogP contribution < -0.4 is 19.7 Å². The Bertz CT molecular complexity index is 1170. The minimum absolute atomic E-state index is 0.149. The molecule has 0 atom stereocenters. The zero-order chi connectivity index (χ0) is 22.1. The van der Waals surface area contributed by atoms with Gasteiger partial charge in [0.05, 0.1) is 36.1 Å². The normalized spacial score (nSPS) is 12.5. The molecule has 0 aromatic heterocycles. The van der Waals surface area contributed by atoms with Gasteiger partial charge in [-0.15, -0.1) is 0 Å². The first-order chi connectivity index (χ1) is 14.9. The van der Waals surface area contributed by atoms with Crippen LogP contribution in [0.5, 0.6) is 11.5 Å². The summed E-state index contributed by atoms with van der Waals surface area (Å²) < 4.78 is 10.4. The quantitative estimate of drug-likeness (QED) is 0.599. The van der Waals surface area contributed by atoms with Gasteiger partial charge in [0.2, 0.25) is 0 Å². The number of ether oxygens (including phenoxy) is 2. The topological polar surface area (TPSA) is 84.9 Å². The second-order valence-corrected chi connectivity index (χ2v) is 7.12. The van der Waals surface area contributed by atoms with Crippen molar-refractivity contribution < 1.29 is 23.9 Å². The highest BCUT2D eigenvalue weighted by atomic mass is 35.5. The maximum Gasteiger partial charge on any atom is 0.266 e. The number of rotatable bonds is 5. The van der Waals surface area contributed by atoms with Crippen LogP contribution in [0.1, 0.15) is 31.1 Å². The highest BCUT2D eigenvalue weighted by Crippen LogP contribution is 2.35. The van der Waals surface area contributed by atoms with E-state index in [0.717, 1.165) is 4.90 Å². The number of halogens is 1. The molecule has 0 bridgehead atoms. The minimum Gasteiger partial charge on any atom is -0.497 e. The van der Waals surface area contributed by atoms with E-state index in [-0.39, 0.29) is 10.7 Å². The molecule has 1 aliphatic rings. The fraction of sp³-hybridized carbons (Fsp3) is 0.0870. The number of hydrogen-bond donors (Lipinski definition) is 1. The molecule has 1 N–H and O–H groups in total. The number of methoxy groups -OCH3 is 2. The van der Waals surface area contributed by atoms with Crippen molar-refractivity contribution in [3.8, 4) is 11.5 Å². The number of anilines is 2. The van der Waals surface area contributed by atoms with Gasteiger partial charge in [0.15, 0.2) is 0 Å². The number of imide groups is 1. The molecule has 4 rings (SSSR count). The van der Waals surface area contributed by atoms with E-state index in [0.29, 0.717) is 33.9 Å². The smallest absolute Gasteiger partial charge is 0.266 e. The van der Waals surface area contributed by atoms with Crippen molar-refractivity contribution in [1.82, 2.24) is 0 Å². The van der Waals surface area contributed by atoms with E-state index >= 15 is 0 Å². The zero-order valence-electron chi connectivity index (χ0n) is 16.6. The van der Waals surface area contributed by atoms with Crippen LogP contribution >= 0.6 is 11.6 Å². The summed E-state index contributed by atoms with van der Waals surface area (Å²) in [6.07, 6.45) is 0. The Hall–Kier alpha value is -3.84. The van der Waals surface area contributed by atoms with Crippen molar-refractivity contribution in [3.05, 3.63) is 82.4 Å². The van der Waals surface area contributed by atoms with Crippen molar-refractivity contribution in [1.29, 1.82) is 0 Å². The number of carbonyl (C=O) groups excluding carboxylic acids is 3. The molecule has 0 saturated carbocycles. The van der Waals surface area contributed by atoms with Crippen LogP contribution in [-0.2, 0) is 0 Å². The largest absolute Gasteiger partial charge is 0.497 e. The Morgan fingerprint density at radius 1 is 0.871 bits per heavy atom. The van der Waals surface area contributed by atoms with E-state index in [2.05, 4.69) is 5.32 Å². The molecule has 156 valence electrons. The summed E-state index contributed by atoms with van der Waals surface area (Å²) in [5.41, 5.74) is 1.63. The van der Waals surface area contributed by atoms with E-state index in [1.807, 2.05) is 0 Å². The second kappa shape index (κ2) is 8.12. The lowest BCUT2D eigenvalue weighted by Crippen LogP contribution is -2.29. The van der Waals surface area contributed by atoms with Crippen molar-refractivity contribution in [3.63, 3.8) is 0 Å². The van der Waals surface area contributed by atoms with Crippen LogP contribution in [0.4, 0.5) is 11.4 Å². The summed E-state index contributed by atoms with van der Waals surface area (Å²) in [5, 5.41) is 2.88. The van der Waals surface area contributed by atoms with Crippen molar-refractivity contribution in [2.45, 2.75) is 0 Å². The fourth-order valence-corrected chi connectivity index (χ4v) is 3.58. The third-order valence-electron chi connectivity index (χ3n) is 4.85. The average Bonchev–Trinajstić information content (AvgIpc) is 3.04. The van der Waals surface area contributed by atoms with E-state index in [1.54, 1.807) is 48.5 Å². The van der Waals surface area contributed by atoms with E-state index in [1.165, 1.54) is 26.4 Å². The summed E-state index contributed by atoms with van der Waals surface area (Å²) in [4.78, 5) is 39.1. The standard InChI is InChI=1S/C23H17ClN2O5/c1-30-15-9-13(10-16(12-15)31-2)21(27)25-14-7-8-20(19(24)11-14)26-22(28)17-5-3-4-6-18(17)23(26)29/h3-12H,1-2H3,(H,25,27). The van der Waals surface area contributed by atoms with Gasteiger partial charge in [-0.05, 0) is 42.5 Å². The van der Waals surface area contributed by atoms with E-state index in [4.69, 9.17) is 21.1 Å². The number of fused-ring (bicyclic) bond motifs is 1. The third-order valence-corrected chi connectivity index (χ3v) is 5.16. The van der Waals surface area contributed by atoms with Gasteiger partial charge in [-0.3, -0.25) is 14.4 Å². The predicted molar refractivity (Wildman–Crippen MR) is 117 cm³/mol. The first kappa shape index (κ1) is 20.4. The molecule has 31 heavy (non-hydrogen) atoms. The molecule has 7 nitrogen and oxygen atoms in total. The van der Waals surface area contributed by atoms with Crippen molar-refractivity contribution >= 4 is 40.7 Å². The molecule has 0 fully saturated rings. The van der Waals surface area contributed by atoms with Crippen LogP contribution in [-0.4, -0.2) is 31.9 Å². The summed E-state index contributed by atoms with van der Waals surface area (Å²) in [7, 11) is 2.99. The highest BCUT2D eigenvalue weighted by molar-refractivity contribution is 6.40. The minimum atomic E-state index is -0.442. The molecule has 3 amide bonds. The molecular weight excluding hydrogens is 420 g/mol. The van der Waals surface area contributed by atoms with Crippen LogP contribution in [0, 0.1) is 0 Å². The monoisotopic (exact) mass is 436 g/mol. The number of benzene rings is 3. The van der Waals surface area contributed by atoms with Gasteiger partial charge in [0, 0.05) is 17.3 Å². The molecule has 3 aromatic rings. The lowest BCUT2D eigenvalue weighted by molar-refractivity contribution is 0.0924. The SMILES string of the molecule is COc1cc(OC)cc(C(=O)Nc2ccc(N3C(=O)c4ccccc4C3=O)c(Cl)c2)c1. The molecule has 0 aliphatic carbocycles. The number of nitrogens with one attached hydrogen (secondary N) is 1. The lowest BCUT2D eigenvalue weighted by Gasteiger charge is -2.16. The molecule has 3 aromatic carbocycles. The van der Waals surface area contributed by atoms with Gasteiger partial charge in [0.25, 0.3) is 17.7 Å². The molecule has 1 heterocycles. The Morgan fingerprint density at radius 3 is 1.97 bits per heavy atom. The molecule has 0 spiro atoms. The summed E-state index contributed by atoms with van der Waals surface area (Å²) in [6, 6.07) is 16.0. The van der Waals surface area contributed by atoms with Crippen LogP contribution in [0.25, 0.3) is 0 Å². The Labute approximate surface area is 183 Å². The molecule has 0 saturated heterocycles. The maximum absolute atomic E-state index is 12.7. The average molecular weight is 437 g/mol. The summed E-state index contributed by atoms with van der Waals surface area (Å²) in [5.74, 6) is -0.334. The number of nitrogens with zero attached hydrogens (tertiary/aromatic N) is 1.